The Morgan fingerprint density at radius 2 is 1.78 bits per heavy atom. The van der Waals surface area contributed by atoms with Crippen LogP contribution in [0.2, 0.25) is 0 Å². The van der Waals surface area contributed by atoms with Crippen LogP contribution >= 0.6 is 0 Å². The quantitative estimate of drug-likeness (QED) is 0.483. The van der Waals surface area contributed by atoms with Crippen molar-refractivity contribution in [3.8, 4) is 17.2 Å². The summed E-state index contributed by atoms with van der Waals surface area (Å²) in [7, 11) is -1.78. The van der Waals surface area contributed by atoms with Crippen LogP contribution in [0.4, 0.5) is 0 Å². The number of carboxylic acid groups (broad SMARTS) is 1. The van der Waals surface area contributed by atoms with Crippen LogP contribution in [0, 0.1) is 5.92 Å². The normalized spacial score (nSPS) is 21.7. The monoisotopic (exact) mass is 518 g/mol. The molecular formula is C26H34N2O7S. The van der Waals surface area contributed by atoms with Crippen LogP contribution in [0.15, 0.2) is 42.5 Å². The Morgan fingerprint density at radius 1 is 1.08 bits per heavy atom. The van der Waals surface area contributed by atoms with Gasteiger partial charge in [-0.05, 0) is 48.7 Å². The summed E-state index contributed by atoms with van der Waals surface area (Å²) in [4.78, 5) is 14.8. The van der Waals surface area contributed by atoms with Gasteiger partial charge < -0.3 is 19.3 Å². The number of nitrogens with zero attached hydrogens (tertiary/aromatic N) is 2. The molecule has 0 radical (unpaired) electrons. The summed E-state index contributed by atoms with van der Waals surface area (Å²) < 4.78 is 43.1. The molecule has 0 amide bonds. The van der Waals surface area contributed by atoms with Crippen LogP contribution in [0.1, 0.15) is 43.4 Å². The van der Waals surface area contributed by atoms with E-state index in [0.29, 0.717) is 49.8 Å². The number of fused-ring (bicyclic) bond motifs is 1. The van der Waals surface area contributed by atoms with E-state index in [1.807, 2.05) is 49.4 Å². The average Bonchev–Trinajstić information content (AvgIpc) is 3.50. The lowest BCUT2D eigenvalue weighted by Crippen LogP contribution is -2.40. The number of carbonyl (C=O) groups is 1. The van der Waals surface area contributed by atoms with Gasteiger partial charge in [-0.3, -0.25) is 9.69 Å². The average molecular weight is 519 g/mol. The first-order chi connectivity index (χ1) is 17.3. The SMILES string of the molecule is CCCN(CCN1C[C@@H](c2ccc3c(c2)OCO3)[C@H](C(=O)O)[C@H]1c1ccc(OC)cc1)S(=O)(=O)CC. The van der Waals surface area contributed by atoms with Gasteiger partial charge in [0.25, 0.3) is 0 Å². The fourth-order valence-electron chi connectivity index (χ4n) is 5.20. The Labute approximate surface area is 212 Å². The van der Waals surface area contributed by atoms with Gasteiger partial charge in [-0.25, -0.2) is 12.7 Å². The molecule has 1 fully saturated rings. The highest BCUT2D eigenvalue weighted by Gasteiger charge is 2.47. The first kappa shape index (κ1) is 26.2. The second-order valence-corrected chi connectivity index (χ2v) is 11.4. The van der Waals surface area contributed by atoms with Crippen LogP contribution in [-0.2, 0) is 14.8 Å². The number of hydrogen-bond acceptors (Lipinski definition) is 7. The molecule has 1 N–H and O–H groups in total. The number of hydrogen-bond donors (Lipinski definition) is 1. The van der Waals surface area contributed by atoms with Crippen molar-refractivity contribution in [3.05, 3.63) is 53.6 Å². The van der Waals surface area contributed by atoms with Gasteiger partial charge >= 0.3 is 5.97 Å². The zero-order valence-electron chi connectivity index (χ0n) is 20.9. The van der Waals surface area contributed by atoms with Crippen molar-refractivity contribution < 1.29 is 32.5 Å². The highest BCUT2D eigenvalue weighted by Crippen LogP contribution is 2.47. The summed E-state index contributed by atoms with van der Waals surface area (Å²) >= 11 is 0. The molecule has 2 aliphatic rings. The lowest BCUT2D eigenvalue weighted by molar-refractivity contribution is -0.143. The van der Waals surface area contributed by atoms with Crippen LogP contribution in [0.3, 0.4) is 0 Å². The van der Waals surface area contributed by atoms with Gasteiger partial charge in [0.1, 0.15) is 5.75 Å². The minimum Gasteiger partial charge on any atom is -0.497 e. The van der Waals surface area contributed by atoms with E-state index in [1.165, 1.54) is 4.31 Å². The van der Waals surface area contributed by atoms with Crippen molar-refractivity contribution in [2.45, 2.75) is 32.2 Å². The van der Waals surface area contributed by atoms with Gasteiger partial charge in [0, 0.05) is 38.1 Å². The lowest BCUT2D eigenvalue weighted by atomic mass is 9.82. The van der Waals surface area contributed by atoms with E-state index in [1.54, 1.807) is 14.0 Å². The third kappa shape index (κ3) is 5.30. The van der Waals surface area contributed by atoms with Gasteiger partial charge in [-0.15, -0.1) is 0 Å². The lowest BCUT2D eigenvalue weighted by Gasteiger charge is -2.30. The van der Waals surface area contributed by atoms with Gasteiger partial charge in [-0.2, -0.15) is 0 Å². The maximum Gasteiger partial charge on any atom is 0.309 e. The number of likely N-dealkylation sites (tertiary alicyclic amines) is 1. The van der Waals surface area contributed by atoms with Crippen molar-refractivity contribution in [3.63, 3.8) is 0 Å². The minimum atomic E-state index is -3.36. The molecule has 0 aliphatic carbocycles. The summed E-state index contributed by atoms with van der Waals surface area (Å²) in [5, 5.41) is 10.4. The molecule has 0 spiro atoms. The molecule has 10 heteroatoms. The van der Waals surface area contributed by atoms with E-state index in [9.17, 15) is 18.3 Å². The summed E-state index contributed by atoms with van der Waals surface area (Å²) in [6, 6.07) is 12.6. The molecule has 0 bridgehead atoms. The molecule has 2 heterocycles. The van der Waals surface area contributed by atoms with Gasteiger partial charge in [0.05, 0.1) is 18.8 Å². The van der Waals surface area contributed by atoms with Crippen molar-refractivity contribution in [1.82, 2.24) is 9.21 Å². The van der Waals surface area contributed by atoms with E-state index in [-0.39, 0.29) is 18.5 Å². The fourth-order valence-corrected chi connectivity index (χ4v) is 6.39. The van der Waals surface area contributed by atoms with E-state index in [2.05, 4.69) is 4.90 Å². The fraction of sp³-hybridized carbons (Fsp3) is 0.500. The standard InChI is InChI=1S/C26H34N2O7S/c1-4-12-28(36(31,32)5-2)14-13-27-16-21(19-8-11-22-23(15-19)35-17-34-22)24(26(29)30)25(27)18-6-9-20(33-3)10-7-18/h6-11,15,21,24-25H,4-5,12-14,16-17H2,1-3H3,(H,29,30)/t21-,24-,25+/m0/s1. The van der Waals surface area contributed by atoms with Gasteiger partial charge in [-0.1, -0.05) is 25.1 Å². The number of ether oxygens (including phenoxy) is 3. The Hall–Kier alpha value is -2.82. The zero-order valence-corrected chi connectivity index (χ0v) is 21.7. The van der Waals surface area contributed by atoms with E-state index in [0.717, 1.165) is 11.1 Å². The summed E-state index contributed by atoms with van der Waals surface area (Å²) in [5.74, 6) is 0.0317. The third-order valence-electron chi connectivity index (χ3n) is 7.03. The van der Waals surface area contributed by atoms with E-state index < -0.39 is 28.0 Å². The minimum absolute atomic E-state index is 0.0342. The molecule has 0 unspecified atom stereocenters. The zero-order chi connectivity index (χ0) is 25.9. The molecule has 3 atom stereocenters. The van der Waals surface area contributed by atoms with E-state index >= 15 is 0 Å². The molecule has 4 rings (SSSR count). The van der Waals surface area contributed by atoms with Crippen LogP contribution < -0.4 is 14.2 Å². The molecule has 0 aromatic heterocycles. The second kappa shape index (κ2) is 11.1. The molecule has 196 valence electrons. The number of carboxylic acids is 1. The molecule has 0 saturated carbocycles. The van der Waals surface area contributed by atoms with Crippen molar-refractivity contribution >= 4 is 16.0 Å². The maximum atomic E-state index is 12.7. The topological polar surface area (TPSA) is 106 Å². The van der Waals surface area contributed by atoms with Crippen LogP contribution in [-0.4, -0.2) is 74.5 Å². The maximum absolute atomic E-state index is 12.7. The van der Waals surface area contributed by atoms with Gasteiger partial charge in [0.15, 0.2) is 11.5 Å². The molecular weight excluding hydrogens is 484 g/mol. The van der Waals surface area contributed by atoms with E-state index in [4.69, 9.17) is 14.2 Å². The molecule has 1 saturated heterocycles. The predicted molar refractivity (Wildman–Crippen MR) is 135 cm³/mol. The van der Waals surface area contributed by atoms with Crippen LogP contribution in [0.5, 0.6) is 17.2 Å². The second-order valence-electron chi connectivity index (χ2n) is 9.10. The first-order valence-corrected chi connectivity index (χ1v) is 13.9. The number of rotatable bonds is 11. The number of sulfonamides is 1. The largest absolute Gasteiger partial charge is 0.497 e. The van der Waals surface area contributed by atoms with Crippen molar-refractivity contribution in [2.75, 3.05) is 45.8 Å². The first-order valence-electron chi connectivity index (χ1n) is 12.3. The van der Waals surface area contributed by atoms with Crippen molar-refractivity contribution in [2.24, 2.45) is 5.92 Å². The van der Waals surface area contributed by atoms with Crippen molar-refractivity contribution in [1.29, 1.82) is 0 Å². The highest BCUT2D eigenvalue weighted by atomic mass is 32.2. The number of benzene rings is 2. The highest BCUT2D eigenvalue weighted by molar-refractivity contribution is 7.89. The summed E-state index contributed by atoms with van der Waals surface area (Å²) in [5.41, 5.74) is 1.71. The molecule has 2 aromatic rings. The number of methoxy groups -OCH3 is 1. The summed E-state index contributed by atoms with van der Waals surface area (Å²) in [6.45, 7) is 5.36. The summed E-state index contributed by atoms with van der Waals surface area (Å²) in [6.07, 6.45) is 0.707. The Bertz CT molecular complexity index is 1170. The Kier molecular flexibility index (Phi) is 8.07. The molecule has 36 heavy (non-hydrogen) atoms. The molecule has 9 nitrogen and oxygen atoms in total. The smallest absolute Gasteiger partial charge is 0.309 e. The Morgan fingerprint density at radius 3 is 2.42 bits per heavy atom. The van der Waals surface area contributed by atoms with Gasteiger partial charge in [0.2, 0.25) is 16.8 Å². The van der Waals surface area contributed by atoms with Crippen LogP contribution in [0.25, 0.3) is 0 Å². The predicted octanol–water partition coefficient (Wildman–Crippen LogP) is 3.33. The molecule has 2 aromatic carbocycles. The Balaban J connectivity index is 1.69. The number of aliphatic carboxylic acids is 1. The molecule has 2 aliphatic heterocycles. The third-order valence-corrected chi connectivity index (χ3v) is 8.91.